The van der Waals surface area contributed by atoms with E-state index in [9.17, 15) is 19.5 Å². The van der Waals surface area contributed by atoms with Crippen LogP contribution in [0, 0.1) is 17.3 Å². The highest BCUT2D eigenvalue weighted by atomic mass is 16.6. The molecule has 1 N–H and O–H groups in total. The molecule has 1 spiro atoms. The summed E-state index contributed by atoms with van der Waals surface area (Å²) < 4.78 is 11.6. The number of hydrogen-bond acceptors (Lipinski definition) is 6. The number of carbonyl (C=O) groups excluding carboxylic acids is 3. The number of epoxide rings is 1. The van der Waals surface area contributed by atoms with Gasteiger partial charge in [-0.3, -0.25) is 14.4 Å². The average Bonchev–Trinajstić information content (AvgIpc) is 3.28. The van der Waals surface area contributed by atoms with E-state index in [0.717, 1.165) is 5.57 Å². The molecule has 0 amide bonds. The van der Waals surface area contributed by atoms with Crippen LogP contribution in [0.15, 0.2) is 23.3 Å². The molecule has 27 heavy (non-hydrogen) atoms. The minimum atomic E-state index is -1.60. The number of aliphatic hydroxyl groups is 1. The van der Waals surface area contributed by atoms with Crippen molar-refractivity contribution < 1.29 is 29.0 Å². The Bertz CT molecular complexity index is 862. The van der Waals surface area contributed by atoms with Crippen molar-refractivity contribution in [2.24, 2.45) is 17.3 Å². The smallest absolute Gasteiger partial charge is 0.202 e. The number of fused-ring (bicyclic) bond motifs is 3. The lowest BCUT2D eigenvalue weighted by Gasteiger charge is -2.51. The topological polar surface area (TPSA) is 93.2 Å². The summed E-state index contributed by atoms with van der Waals surface area (Å²) in [6.45, 7) is 7.23. The highest BCUT2D eigenvalue weighted by molar-refractivity contribution is 6.22. The monoisotopic (exact) mass is 372 g/mol. The van der Waals surface area contributed by atoms with Crippen molar-refractivity contribution in [3.8, 4) is 0 Å². The van der Waals surface area contributed by atoms with Gasteiger partial charge in [-0.1, -0.05) is 11.6 Å². The largest absolute Gasteiger partial charge is 0.390 e. The number of Topliss-reactive ketones (excluding diaryl/α,β-unsaturated/α-hetero) is 3. The summed E-state index contributed by atoms with van der Waals surface area (Å²) in [5.41, 5.74) is -2.69. The summed E-state index contributed by atoms with van der Waals surface area (Å²) in [7, 11) is 0. The molecule has 0 aromatic rings. The Kier molecular flexibility index (Phi) is 3.14. The number of ether oxygens (including phenoxy) is 2. The minimum Gasteiger partial charge on any atom is -0.390 e. The normalized spacial score (nSPS) is 52.6. The second kappa shape index (κ2) is 4.85. The second-order valence-corrected chi connectivity index (χ2v) is 9.34. The Morgan fingerprint density at radius 1 is 1.19 bits per heavy atom. The molecule has 8 atom stereocenters. The standard InChI is InChI=1S/C21H24O6/c1-9(2)7-13-17(23)20(4)10-5-6-19(3,25)11(10)8-12-14(22)15-16(26-15)18(24)21(12,20)27-13/h7-8,10-11,13,15-16,25H,5-6H2,1-4H3. The fraction of sp³-hybridized carbons (Fsp3) is 0.667. The molecule has 0 bridgehead atoms. The van der Waals surface area contributed by atoms with Gasteiger partial charge in [0.2, 0.25) is 5.78 Å². The summed E-state index contributed by atoms with van der Waals surface area (Å²) in [5, 5.41) is 10.9. The highest BCUT2D eigenvalue weighted by Gasteiger charge is 2.80. The van der Waals surface area contributed by atoms with E-state index in [1.807, 2.05) is 13.8 Å². The van der Waals surface area contributed by atoms with E-state index in [1.165, 1.54) is 0 Å². The first-order valence-electron chi connectivity index (χ1n) is 9.61. The van der Waals surface area contributed by atoms with Gasteiger partial charge < -0.3 is 14.6 Å². The van der Waals surface area contributed by atoms with Gasteiger partial charge in [-0.15, -0.1) is 0 Å². The maximum absolute atomic E-state index is 13.6. The van der Waals surface area contributed by atoms with Crippen LogP contribution in [0.2, 0.25) is 0 Å². The number of ketones is 3. The lowest BCUT2D eigenvalue weighted by Crippen LogP contribution is -2.65. The first-order chi connectivity index (χ1) is 12.6. The van der Waals surface area contributed by atoms with E-state index in [2.05, 4.69) is 0 Å². The van der Waals surface area contributed by atoms with Crippen molar-refractivity contribution in [2.45, 2.75) is 70.1 Å². The Labute approximate surface area is 157 Å². The molecule has 2 saturated carbocycles. The van der Waals surface area contributed by atoms with Crippen molar-refractivity contribution in [3.63, 3.8) is 0 Å². The molecule has 0 radical (unpaired) electrons. The van der Waals surface area contributed by atoms with Gasteiger partial charge in [-0.2, -0.15) is 0 Å². The zero-order chi connectivity index (χ0) is 19.5. The molecule has 0 aromatic carbocycles. The molecular formula is C21H24O6. The quantitative estimate of drug-likeness (QED) is 0.551. The molecule has 144 valence electrons. The predicted molar refractivity (Wildman–Crippen MR) is 93.7 cm³/mol. The van der Waals surface area contributed by atoms with Crippen LogP contribution in [0.5, 0.6) is 0 Å². The number of hydrogen-bond donors (Lipinski definition) is 1. The summed E-state index contributed by atoms with van der Waals surface area (Å²) in [5.74, 6) is -1.40. The first kappa shape index (κ1) is 17.5. The van der Waals surface area contributed by atoms with Gasteiger partial charge in [-0.05, 0) is 52.5 Å². The molecule has 4 fully saturated rings. The van der Waals surface area contributed by atoms with Crippen LogP contribution in [0.4, 0.5) is 0 Å². The molecule has 3 aliphatic carbocycles. The van der Waals surface area contributed by atoms with Crippen LogP contribution in [-0.4, -0.2) is 52.0 Å². The van der Waals surface area contributed by atoms with Crippen molar-refractivity contribution >= 4 is 17.3 Å². The van der Waals surface area contributed by atoms with E-state index in [0.29, 0.717) is 12.8 Å². The molecule has 0 aromatic heterocycles. The number of allylic oxidation sites excluding steroid dienone is 1. The molecule has 6 nitrogen and oxygen atoms in total. The Balaban J connectivity index is 1.78. The van der Waals surface area contributed by atoms with Gasteiger partial charge in [0.1, 0.15) is 6.10 Å². The van der Waals surface area contributed by atoms with Crippen LogP contribution >= 0.6 is 0 Å². The number of carbonyl (C=O) groups is 3. The van der Waals surface area contributed by atoms with E-state index >= 15 is 0 Å². The Hall–Kier alpha value is -1.63. The summed E-state index contributed by atoms with van der Waals surface area (Å²) in [4.78, 5) is 40.0. The van der Waals surface area contributed by atoms with Crippen molar-refractivity contribution in [1.29, 1.82) is 0 Å². The minimum absolute atomic E-state index is 0.178. The fourth-order valence-corrected chi connectivity index (χ4v) is 6.07. The van der Waals surface area contributed by atoms with Crippen LogP contribution in [0.3, 0.4) is 0 Å². The third-order valence-corrected chi connectivity index (χ3v) is 7.49. The van der Waals surface area contributed by atoms with Crippen LogP contribution < -0.4 is 0 Å². The number of rotatable bonds is 1. The van der Waals surface area contributed by atoms with Gasteiger partial charge >= 0.3 is 0 Å². The summed E-state index contributed by atoms with van der Waals surface area (Å²) in [6.07, 6.45) is 2.11. The molecule has 8 unspecified atom stereocenters. The third-order valence-electron chi connectivity index (χ3n) is 7.49. The molecule has 5 aliphatic rings. The highest BCUT2D eigenvalue weighted by Crippen LogP contribution is 2.66. The zero-order valence-corrected chi connectivity index (χ0v) is 15.9. The first-order valence-corrected chi connectivity index (χ1v) is 9.61. The van der Waals surface area contributed by atoms with Crippen molar-refractivity contribution in [1.82, 2.24) is 0 Å². The van der Waals surface area contributed by atoms with Gasteiger partial charge in [0, 0.05) is 11.5 Å². The van der Waals surface area contributed by atoms with E-state index in [4.69, 9.17) is 9.47 Å². The van der Waals surface area contributed by atoms with Gasteiger partial charge in [0.25, 0.3) is 0 Å². The van der Waals surface area contributed by atoms with E-state index < -0.39 is 34.9 Å². The van der Waals surface area contributed by atoms with Crippen LogP contribution in [0.1, 0.15) is 40.5 Å². The van der Waals surface area contributed by atoms with Crippen molar-refractivity contribution in [2.75, 3.05) is 0 Å². The predicted octanol–water partition coefficient (Wildman–Crippen LogP) is 1.30. The third kappa shape index (κ3) is 1.80. The van der Waals surface area contributed by atoms with Gasteiger partial charge in [0.15, 0.2) is 29.4 Å². The molecular weight excluding hydrogens is 348 g/mol. The molecule has 6 heteroatoms. The Morgan fingerprint density at radius 2 is 1.89 bits per heavy atom. The molecule has 2 saturated heterocycles. The maximum atomic E-state index is 13.6. The lowest BCUT2D eigenvalue weighted by atomic mass is 9.51. The molecule has 5 rings (SSSR count). The average molecular weight is 372 g/mol. The lowest BCUT2D eigenvalue weighted by molar-refractivity contribution is -0.159. The zero-order valence-electron chi connectivity index (χ0n) is 15.9. The SMILES string of the molecule is CC(C)=CC1OC23C(=O)C4OC4C(=O)C2=CC2C(CCC2(C)O)C3(C)C1=O. The van der Waals surface area contributed by atoms with E-state index in [-0.39, 0.29) is 34.8 Å². The fourth-order valence-electron chi connectivity index (χ4n) is 6.07. The second-order valence-electron chi connectivity index (χ2n) is 9.34. The van der Waals surface area contributed by atoms with E-state index in [1.54, 1.807) is 26.0 Å². The molecule has 2 aliphatic heterocycles. The van der Waals surface area contributed by atoms with Crippen LogP contribution in [0.25, 0.3) is 0 Å². The van der Waals surface area contributed by atoms with Crippen LogP contribution in [-0.2, 0) is 23.9 Å². The maximum Gasteiger partial charge on any atom is 0.202 e. The summed E-state index contributed by atoms with van der Waals surface area (Å²) in [6, 6.07) is 0. The van der Waals surface area contributed by atoms with Gasteiger partial charge in [-0.25, -0.2) is 0 Å². The molecule has 2 heterocycles. The van der Waals surface area contributed by atoms with Gasteiger partial charge in [0.05, 0.1) is 11.0 Å². The van der Waals surface area contributed by atoms with Crippen molar-refractivity contribution in [3.05, 3.63) is 23.3 Å². The Morgan fingerprint density at radius 3 is 2.56 bits per heavy atom. The summed E-state index contributed by atoms with van der Waals surface area (Å²) >= 11 is 0.